The van der Waals surface area contributed by atoms with Gasteiger partial charge >= 0.3 is 0 Å². The fourth-order valence-electron chi connectivity index (χ4n) is 3.47. The van der Waals surface area contributed by atoms with E-state index in [1.54, 1.807) is 38.7 Å². The van der Waals surface area contributed by atoms with Gasteiger partial charge in [-0.15, -0.1) is 0 Å². The van der Waals surface area contributed by atoms with Crippen LogP contribution in [0.25, 0.3) is 11.2 Å². The lowest BCUT2D eigenvalue weighted by atomic mass is 9.95. The first-order valence-electron chi connectivity index (χ1n) is 9.11. The number of ether oxygens (including phenoxy) is 2. The van der Waals surface area contributed by atoms with Crippen molar-refractivity contribution < 1.29 is 14.3 Å². The minimum absolute atomic E-state index is 0.00401. The number of anilines is 2. The maximum absolute atomic E-state index is 12.7. The van der Waals surface area contributed by atoms with E-state index < -0.39 is 0 Å². The first kappa shape index (κ1) is 18.0. The number of rotatable bonds is 5. The number of aromatic amines is 1. The molecule has 2 N–H and O–H groups in total. The largest absolute Gasteiger partial charge is 0.497 e. The van der Waals surface area contributed by atoms with Gasteiger partial charge in [-0.05, 0) is 12.8 Å². The molecule has 3 heterocycles. The molecule has 0 unspecified atom stereocenters. The van der Waals surface area contributed by atoms with Crippen LogP contribution in [0.4, 0.5) is 11.5 Å². The van der Waals surface area contributed by atoms with Crippen molar-refractivity contribution in [2.24, 2.45) is 5.92 Å². The molecule has 9 heteroatoms. The van der Waals surface area contributed by atoms with E-state index in [1.807, 2.05) is 0 Å². The maximum atomic E-state index is 12.7. The zero-order chi connectivity index (χ0) is 19.5. The number of hydrogen-bond donors (Lipinski definition) is 2. The summed E-state index contributed by atoms with van der Waals surface area (Å²) < 4.78 is 10.5. The Bertz CT molecular complexity index is 958. The highest BCUT2D eigenvalue weighted by Gasteiger charge is 2.27. The molecule has 0 saturated carbocycles. The molecule has 1 aliphatic heterocycles. The van der Waals surface area contributed by atoms with Crippen molar-refractivity contribution in [1.82, 2.24) is 19.9 Å². The second kappa shape index (κ2) is 7.71. The van der Waals surface area contributed by atoms with E-state index in [2.05, 4.69) is 30.2 Å². The topological polar surface area (TPSA) is 105 Å². The fraction of sp³-hybridized carbons (Fsp3) is 0.368. The molecule has 1 amide bonds. The zero-order valence-electron chi connectivity index (χ0n) is 15.8. The summed E-state index contributed by atoms with van der Waals surface area (Å²) in [5, 5.41) is 2.98. The van der Waals surface area contributed by atoms with Crippen LogP contribution in [0, 0.1) is 5.92 Å². The minimum Gasteiger partial charge on any atom is -0.497 e. The van der Waals surface area contributed by atoms with Gasteiger partial charge in [-0.3, -0.25) is 4.79 Å². The fourth-order valence-corrected chi connectivity index (χ4v) is 3.47. The van der Waals surface area contributed by atoms with Crippen molar-refractivity contribution in [3.05, 3.63) is 30.9 Å². The molecule has 0 atom stereocenters. The second-order valence-corrected chi connectivity index (χ2v) is 6.65. The van der Waals surface area contributed by atoms with Gasteiger partial charge in [-0.1, -0.05) is 0 Å². The molecule has 1 aromatic carbocycles. The van der Waals surface area contributed by atoms with E-state index in [4.69, 9.17) is 9.47 Å². The average Bonchev–Trinajstić information content (AvgIpc) is 3.22. The van der Waals surface area contributed by atoms with E-state index in [0.717, 1.165) is 37.3 Å². The lowest BCUT2D eigenvalue weighted by Gasteiger charge is -2.32. The molecule has 2 aromatic heterocycles. The summed E-state index contributed by atoms with van der Waals surface area (Å²) in [4.78, 5) is 30.7. The molecule has 146 valence electrons. The first-order valence-corrected chi connectivity index (χ1v) is 9.11. The standard InChI is InChI=1S/C19H22N6O3/c1-27-14-7-13(8-15(9-14)28-2)24-19(26)12-3-5-25(6-4-12)18-16-17(21-10-20-16)22-11-23-18/h7-12H,3-6H2,1-2H3,(H,24,26)(H,20,21,22,23). The summed E-state index contributed by atoms with van der Waals surface area (Å²) in [5.74, 6) is 2.05. The Labute approximate surface area is 162 Å². The minimum atomic E-state index is -0.0625. The van der Waals surface area contributed by atoms with Gasteiger partial charge in [0.25, 0.3) is 0 Å². The quantitative estimate of drug-likeness (QED) is 0.697. The molecule has 4 rings (SSSR count). The number of amides is 1. The van der Waals surface area contributed by atoms with Crippen molar-refractivity contribution in [2.45, 2.75) is 12.8 Å². The molecule has 1 saturated heterocycles. The maximum Gasteiger partial charge on any atom is 0.227 e. The third kappa shape index (κ3) is 3.55. The number of fused-ring (bicyclic) bond motifs is 1. The molecule has 3 aromatic rings. The van der Waals surface area contributed by atoms with Gasteiger partial charge < -0.3 is 24.7 Å². The van der Waals surface area contributed by atoms with Gasteiger partial charge in [-0.2, -0.15) is 0 Å². The molecule has 0 radical (unpaired) electrons. The van der Waals surface area contributed by atoms with Crippen LogP contribution in [0.3, 0.4) is 0 Å². The summed E-state index contributed by atoms with van der Waals surface area (Å²) in [6, 6.07) is 5.34. The predicted molar refractivity (Wildman–Crippen MR) is 105 cm³/mol. The van der Waals surface area contributed by atoms with Gasteiger partial charge in [0.05, 0.1) is 20.5 Å². The van der Waals surface area contributed by atoms with Crippen molar-refractivity contribution in [3.8, 4) is 11.5 Å². The lowest BCUT2D eigenvalue weighted by Crippen LogP contribution is -2.38. The number of methoxy groups -OCH3 is 2. The number of nitrogens with zero attached hydrogens (tertiary/aromatic N) is 4. The molecule has 1 fully saturated rings. The van der Waals surface area contributed by atoms with Crippen LogP contribution < -0.4 is 19.7 Å². The number of benzene rings is 1. The van der Waals surface area contributed by atoms with E-state index in [-0.39, 0.29) is 11.8 Å². The zero-order valence-corrected chi connectivity index (χ0v) is 15.8. The van der Waals surface area contributed by atoms with Gasteiger partial charge in [-0.25, -0.2) is 15.0 Å². The molecular formula is C19H22N6O3. The summed E-state index contributed by atoms with van der Waals surface area (Å²) in [6.07, 6.45) is 4.62. The highest BCUT2D eigenvalue weighted by atomic mass is 16.5. The van der Waals surface area contributed by atoms with Crippen molar-refractivity contribution >= 4 is 28.6 Å². The van der Waals surface area contributed by atoms with Crippen molar-refractivity contribution in [1.29, 1.82) is 0 Å². The molecule has 28 heavy (non-hydrogen) atoms. The number of H-pyrrole nitrogens is 1. The third-order valence-electron chi connectivity index (χ3n) is 4.99. The smallest absolute Gasteiger partial charge is 0.227 e. The molecule has 0 bridgehead atoms. The Hall–Kier alpha value is -3.36. The molecule has 0 spiro atoms. The Morgan fingerprint density at radius 3 is 2.50 bits per heavy atom. The van der Waals surface area contributed by atoms with Gasteiger partial charge in [0.1, 0.15) is 23.3 Å². The van der Waals surface area contributed by atoms with Crippen molar-refractivity contribution in [3.63, 3.8) is 0 Å². The second-order valence-electron chi connectivity index (χ2n) is 6.65. The van der Waals surface area contributed by atoms with Crippen molar-refractivity contribution in [2.75, 3.05) is 37.5 Å². The number of carbonyl (C=O) groups is 1. The van der Waals surface area contributed by atoms with Crippen LogP contribution in [-0.2, 0) is 4.79 Å². The summed E-state index contributed by atoms with van der Waals surface area (Å²) in [5.41, 5.74) is 2.14. The number of carbonyl (C=O) groups excluding carboxylic acids is 1. The van der Waals surface area contributed by atoms with Crippen LogP contribution in [-0.4, -0.2) is 53.2 Å². The normalized spacial score (nSPS) is 14.9. The van der Waals surface area contributed by atoms with E-state index >= 15 is 0 Å². The van der Waals surface area contributed by atoms with Gasteiger partial charge in [0.2, 0.25) is 5.91 Å². The van der Waals surface area contributed by atoms with Gasteiger partial charge in [0, 0.05) is 42.9 Å². The van der Waals surface area contributed by atoms with Gasteiger partial charge in [0.15, 0.2) is 11.5 Å². The highest BCUT2D eigenvalue weighted by Crippen LogP contribution is 2.29. The van der Waals surface area contributed by atoms with E-state index in [9.17, 15) is 4.79 Å². The Morgan fingerprint density at radius 1 is 1.11 bits per heavy atom. The summed E-state index contributed by atoms with van der Waals surface area (Å²) in [6.45, 7) is 1.48. The Balaban J connectivity index is 1.41. The molecule has 1 aliphatic rings. The average molecular weight is 382 g/mol. The predicted octanol–water partition coefficient (Wildman–Crippen LogP) is 2.23. The number of imidazole rings is 1. The molecule has 9 nitrogen and oxygen atoms in total. The monoisotopic (exact) mass is 382 g/mol. The van der Waals surface area contributed by atoms with Crippen LogP contribution in [0.15, 0.2) is 30.9 Å². The number of nitrogens with one attached hydrogen (secondary N) is 2. The SMILES string of the molecule is COc1cc(NC(=O)C2CCN(c3ncnc4nc[nH]c34)CC2)cc(OC)c1. The van der Waals surface area contributed by atoms with Crippen LogP contribution in [0.5, 0.6) is 11.5 Å². The number of piperidine rings is 1. The van der Waals surface area contributed by atoms with Crippen LogP contribution >= 0.6 is 0 Å². The number of hydrogen-bond acceptors (Lipinski definition) is 7. The van der Waals surface area contributed by atoms with E-state index in [1.165, 1.54) is 6.33 Å². The van der Waals surface area contributed by atoms with Crippen LogP contribution in [0.2, 0.25) is 0 Å². The number of aromatic nitrogens is 4. The summed E-state index contributed by atoms with van der Waals surface area (Å²) >= 11 is 0. The Kier molecular flexibility index (Phi) is 4.96. The first-order chi connectivity index (χ1) is 13.7. The Morgan fingerprint density at radius 2 is 1.82 bits per heavy atom. The van der Waals surface area contributed by atoms with Crippen LogP contribution in [0.1, 0.15) is 12.8 Å². The lowest BCUT2D eigenvalue weighted by molar-refractivity contribution is -0.120. The summed E-state index contributed by atoms with van der Waals surface area (Å²) in [7, 11) is 3.17. The highest BCUT2D eigenvalue weighted by molar-refractivity contribution is 5.93. The molecular weight excluding hydrogens is 360 g/mol. The molecule has 0 aliphatic carbocycles. The third-order valence-corrected chi connectivity index (χ3v) is 4.99. The van der Waals surface area contributed by atoms with E-state index in [0.29, 0.717) is 22.8 Å².